The molecule has 1 N–H and O–H groups in total. The van der Waals surface area contributed by atoms with Crippen molar-refractivity contribution in [1.29, 1.82) is 0 Å². The van der Waals surface area contributed by atoms with Crippen LogP contribution in [0.5, 0.6) is 0 Å². The maximum Gasteiger partial charge on any atom is 0.252 e. The summed E-state index contributed by atoms with van der Waals surface area (Å²) in [6, 6.07) is 12.0. The van der Waals surface area contributed by atoms with E-state index in [0.29, 0.717) is 10.8 Å². The van der Waals surface area contributed by atoms with E-state index in [4.69, 9.17) is 16.1 Å². The van der Waals surface area contributed by atoms with Gasteiger partial charge in [-0.25, -0.2) is 4.39 Å². The molecule has 0 unspecified atom stereocenters. The number of nitrogens with one attached hydrogen (secondary N) is 1. The van der Waals surface area contributed by atoms with Gasteiger partial charge in [0.1, 0.15) is 11.9 Å². The molecule has 0 fully saturated rings. The third-order valence-corrected chi connectivity index (χ3v) is 4.10. The Bertz CT molecular complexity index is 909. The molecule has 0 saturated heterocycles. The molecule has 3 rings (SSSR count). The van der Waals surface area contributed by atoms with Crippen molar-refractivity contribution in [1.82, 2.24) is 15.5 Å². The number of halogens is 2. The third-order valence-electron chi connectivity index (χ3n) is 3.85. The second kappa shape index (κ2) is 7.66. The maximum absolute atomic E-state index is 13.3. The van der Waals surface area contributed by atoms with Crippen molar-refractivity contribution < 1.29 is 13.7 Å². The van der Waals surface area contributed by atoms with E-state index >= 15 is 0 Å². The highest BCUT2D eigenvalue weighted by Gasteiger charge is 2.25. The Morgan fingerprint density at radius 1 is 1.19 bits per heavy atom. The van der Waals surface area contributed by atoms with Gasteiger partial charge in [0, 0.05) is 16.1 Å². The number of amides is 1. The SMILES string of the molecule is CC(C)[C@@H](NC(=O)c1cccc(F)c1)c1nc(-c2ccc(Cl)cc2)no1. The van der Waals surface area contributed by atoms with E-state index in [9.17, 15) is 9.18 Å². The molecule has 0 aliphatic heterocycles. The molecule has 1 amide bonds. The Kier molecular flexibility index (Phi) is 5.32. The van der Waals surface area contributed by atoms with E-state index in [1.54, 1.807) is 30.3 Å². The summed E-state index contributed by atoms with van der Waals surface area (Å²) in [7, 11) is 0. The number of benzene rings is 2. The van der Waals surface area contributed by atoms with E-state index in [1.165, 1.54) is 18.2 Å². The molecular formula is C19H17ClFN3O2. The highest BCUT2D eigenvalue weighted by molar-refractivity contribution is 6.30. The van der Waals surface area contributed by atoms with E-state index in [1.807, 2.05) is 13.8 Å². The maximum atomic E-state index is 13.3. The van der Waals surface area contributed by atoms with Crippen molar-refractivity contribution >= 4 is 17.5 Å². The number of carbonyl (C=O) groups is 1. The van der Waals surface area contributed by atoms with Gasteiger partial charge in [0.15, 0.2) is 0 Å². The Balaban J connectivity index is 1.82. The Labute approximate surface area is 155 Å². The first-order valence-corrected chi connectivity index (χ1v) is 8.48. The highest BCUT2D eigenvalue weighted by Crippen LogP contribution is 2.25. The predicted octanol–water partition coefficient (Wildman–Crippen LogP) is 4.66. The van der Waals surface area contributed by atoms with E-state index < -0.39 is 17.8 Å². The fourth-order valence-electron chi connectivity index (χ4n) is 2.45. The fraction of sp³-hybridized carbons (Fsp3) is 0.211. The van der Waals surface area contributed by atoms with Gasteiger partial charge < -0.3 is 9.84 Å². The van der Waals surface area contributed by atoms with Gasteiger partial charge in [0.2, 0.25) is 11.7 Å². The van der Waals surface area contributed by atoms with Gasteiger partial charge in [0.05, 0.1) is 0 Å². The van der Waals surface area contributed by atoms with Crippen molar-refractivity contribution in [2.24, 2.45) is 5.92 Å². The monoisotopic (exact) mass is 373 g/mol. The molecule has 0 spiro atoms. The van der Waals surface area contributed by atoms with Crippen LogP contribution in [0.3, 0.4) is 0 Å². The fourth-order valence-corrected chi connectivity index (χ4v) is 2.57. The van der Waals surface area contributed by atoms with E-state index in [2.05, 4.69) is 15.5 Å². The summed E-state index contributed by atoms with van der Waals surface area (Å²) < 4.78 is 18.7. The lowest BCUT2D eigenvalue weighted by molar-refractivity contribution is 0.0913. The molecule has 0 aliphatic rings. The Hall–Kier alpha value is -2.73. The molecule has 2 aromatic carbocycles. The highest BCUT2D eigenvalue weighted by atomic mass is 35.5. The molecule has 1 atom stereocenters. The number of carbonyl (C=O) groups excluding carboxylic acids is 1. The van der Waals surface area contributed by atoms with Gasteiger partial charge in [-0.1, -0.05) is 36.7 Å². The molecule has 3 aromatic rings. The summed E-state index contributed by atoms with van der Waals surface area (Å²) in [4.78, 5) is 16.8. The van der Waals surface area contributed by atoms with Gasteiger partial charge in [-0.15, -0.1) is 0 Å². The zero-order valence-electron chi connectivity index (χ0n) is 14.2. The van der Waals surface area contributed by atoms with Gasteiger partial charge in [-0.05, 0) is 48.4 Å². The zero-order chi connectivity index (χ0) is 18.7. The van der Waals surface area contributed by atoms with Gasteiger partial charge in [-0.2, -0.15) is 4.98 Å². The topological polar surface area (TPSA) is 68.0 Å². The minimum atomic E-state index is -0.501. The summed E-state index contributed by atoms with van der Waals surface area (Å²) >= 11 is 5.88. The van der Waals surface area contributed by atoms with Crippen LogP contribution in [0.25, 0.3) is 11.4 Å². The van der Waals surface area contributed by atoms with Crippen molar-refractivity contribution in [3.05, 3.63) is 70.8 Å². The predicted molar refractivity (Wildman–Crippen MR) is 96.2 cm³/mol. The minimum Gasteiger partial charge on any atom is -0.340 e. The van der Waals surface area contributed by atoms with Crippen molar-refractivity contribution in [3.63, 3.8) is 0 Å². The van der Waals surface area contributed by atoms with Gasteiger partial charge in [0.25, 0.3) is 5.91 Å². The van der Waals surface area contributed by atoms with Crippen LogP contribution in [-0.4, -0.2) is 16.0 Å². The molecule has 1 heterocycles. The van der Waals surface area contributed by atoms with Crippen molar-refractivity contribution in [3.8, 4) is 11.4 Å². The quantitative estimate of drug-likeness (QED) is 0.706. The standard InChI is InChI=1S/C19H17ClFN3O2/c1-11(2)16(22-18(25)13-4-3-5-15(21)10-13)19-23-17(24-26-19)12-6-8-14(20)9-7-12/h3-11,16H,1-2H3,(H,22,25)/t16-/m1/s1. The molecule has 1 aromatic heterocycles. The second-order valence-electron chi connectivity index (χ2n) is 6.17. The van der Waals surface area contributed by atoms with Crippen LogP contribution in [0.15, 0.2) is 53.1 Å². The number of rotatable bonds is 5. The zero-order valence-corrected chi connectivity index (χ0v) is 15.0. The summed E-state index contributed by atoms with van der Waals surface area (Å²) in [6.07, 6.45) is 0. The molecular weight excluding hydrogens is 357 g/mol. The lowest BCUT2D eigenvalue weighted by Gasteiger charge is -2.18. The molecule has 7 heteroatoms. The largest absolute Gasteiger partial charge is 0.340 e. The van der Waals surface area contributed by atoms with Crippen molar-refractivity contribution in [2.45, 2.75) is 19.9 Å². The number of hydrogen-bond donors (Lipinski definition) is 1. The number of nitrogens with zero attached hydrogens (tertiary/aromatic N) is 2. The average Bonchev–Trinajstić information content (AvgIpc) is 3.09. The first kappa shape index (κ1) is 18.1. The van der Waals surface area contributed by atoms with E-state index in [0.717, 1.165) is 5.56 Å². The first-order chi connectivity index (χ1) is 12.4. The third kappa shape index (κ3) is 4.08. The summed E-state index contributed by atoms with van der Waals surface area (Å²) in [5, 5.41) is 7.41. The van der Waals surface area contributed by atoms with Crippen molar-refractivity contribution in [2.75, 3.05) is 0 Å². The second-order valence-corrected chi connectivity index (χ2v) is 6.61. The van der Waals surface area contributed by atoms with Crippen LogP contribution in [0.1, 0.15) is 36.1 Å². The van der Waals surface area contributed by atoms with Gasteiger partial charge >= 0.3 is 0 Å². The lowest BCUT2D eigenvalue weighted by atomic mass is 10.0. The van der Waals surface area contributed by atoms with Crippen LogP contribution in [0, 0.1) is 11.7 Å². The number of hydrogen-bond acceptors (Lipinski definition) is 4. The molecule has 0 bridgehead atoms. The first-order valence-electron chi connectivity index (χ1n) is 8.10. The molecule has 0 aliphatic carbocycles. The lowest BCUT2D eigenvalue weighted by Crippen LogP contribution is -2.32. The summed E-state index contributed by atoms with van der Waals surface area (Å²) in [5.74, 6) is -0.195. The van der Waals surface area contributed by atoms with Crippen LogP contribution in [0.4, 0.5) is 4.39 Å². The summed E-state index contributed by atoms with van der Waals surface area (Å²) in [5.41, 5.74) is 0.983. The van der Waals surface area contributed by atoms with E-state index in [-0.39, 0.29) is 17.4 Å². The average molecular weight is 374 g/mol. The van der Waals surface area contributed by atoms with Crippen LogP contribution in [-0.2, 0) is 0 Å². The molecule has 0 saturated carbocycles. The Morgan fingerprint density at radius 3 is 2.58 bits per heavy atom. The Morgan fingerprint density at radius 2 is 1.92 bits per heavy atom. The van der Waals surface area contributed by atoms with Crippen LogP contribution in [0.2, 0.25) is 5.02 Å². The summed E-state index contributed by atoms with van der Waals surface area (Å²) in [6.45, 7) is 3.84. The van der Waals surface area contributed by atoms with Gasteiger partial charge in [-0.3, -0.25) is 4.79 Å². The molecule has 26 heavy (non-hydrogen) atoms. The smallest absolute Gasteiger partial charge is 0.252 e. The molecule has 0 radical (unpaired) electrons. The van der Waals surface area contributed by atoms with Crippen LogP contribution >= 0.6 is 11.6 Å². The molecule has 5 nitrogen and oxygen atoms in total. The normalized spacial score (nSPS) is 12.2. The number of aromatic nitrogens is 2. The minimum absolute atomic E-state index is 0.00831. The van der Waals surface area contributed by atoms with Crippen LogP contribution < -0.4 is 5.32 Å². The molecule has 134 valence electrons.